The molecule has 3 fully saturated rings. The molecule has 8 heteroatoms. The molecule has 2 bridgehead atoms. The lowest BCUT2D eigenvalue weighted by Gasteiger charge is -2.22. The van der Waals surface area contributed by atoms with Crippen molar-refractivity contribution in [3.05, 3.63) is 54.0 Å². The SMILES string of the molecule is O=C(COC(=O)[C@@H]1[C@@H]2C[C@@H]3[C@@H]1C(=O)O[C@H]3C2)c1ccc(OC(=O)c2ccco2)cc1. The minimum atomic E-state index is -0.647. The number of ether oxygens (including phenoxy) is 3. The highest BCUT2D eigenvalue weighted by Crippen LogP contribution is 2.57. The maximum atomic E-state index is 12.5. The van der Waals surface area contributed by atoms with E-state index in [9.17, 15) is 19.2 Å². The number of ketones is 1. The third-order valence-corrected chi connectivity index (χ3v) is 6.21. The average Bonchev–Trinajstić information content (AvgIpc) is 3.49. The summed E-state index contributed by atoms with van der Waals surface area (Å²) in [5, 5.41) is 0. The monoisotopic (exact) mass is 410 g/mol. The van der Waals surface area contributed by atoms with Crippen LogP contribution in [0.4, 0.5) is 0 Å². The molecule has 1 saturated heterocycles. The zero-order valence-electron chi connectivity index (χ0n) is 15.8. The van der Waals surface area contributed by atoms with Gasteiger partial charge in [0.2, 0.25) is 5.76 Å². The highest BCUT2D eigenvalue weighted by Gasteiger charge is 2.64. The first-order valence-corrected chi connectivity index (χ1v) is 9.77. The van der Waals surface area contributed by atoms with Crippen LogP contribution in [0.2, 0.25) is 0 Å². The summed E-state index contributed by atoms with van der Waals surface area (Å²) in [6.45, 7) is -0.413. The fraction of sp³-hybridized carbons (Fsp3) is 0.364. The van der Waals surface area contributed by atoms with E-state index in [0.717, 1.165) is 6.42 Å². The maximum absolute atomic E-state index is 12.5. The van der Waals surface area contributed by atoms with E-state index in [0.29, 0.717) is 12.0 Å². The number of hydrogen-bond donors (Lipinski definition) is 0. The Morgan fingerprint density at radius 3 is 2.60 bits per heavy atom. The predicted molar refractivity (Wildman–Crippen MR) is 98.5 cm³/mol. The van der Waals surface area contributed by atoms with Crippen LogP contribution in [-0.2, 0) is 19.1 Å². The van der Waals surface area contributed by atoms with Crippen LogP contribution >= 0.6 is 0 Å². The lowest BCUT2D eigenvalue weighted by Crippen LogP contribution is -2.34. The lowest BCUT2D eigenvalue weighted by atomic mass is 9.80. The van der Waals surface area contributed by atoms with Gasteiger partial charge in [-0.2, -0.15) is 0 Å². The van der Waals surface area contributed by atoms with Crippen LogP contribution in [-0.4, -0.2) is 36.4 Å². The molecule has 0 radical (unpaired) electrons. The summed E-state index contributed by atoms with van der Waals surface area (Å²) >= 11 is 0. The van der Waals surface area contributed by atoms with E-state index in [-0.39, 0.29) is 41.2 Å². The molecule has 30 heavy (non-hydrogen) atoms. The van der Waals surface area contributed by atoms with Crippen molar-refractivity contribution in [2.24, 2.45) is 23.7 Å². The summed E-state index contributed by atoms with van der Waals surface area (Å²) in [4.78, 5) is 48.8. The lowest BCUT2D eigenvalue weighted by molar-refractivity contribution is -0.154. The van der Waals surface area contributed by atoms with Crippen molar-refractivity contribution in [1.29, 1.82) is 0 Å². The van der Waals surface area contributed by atoms with Crippen molar-refractivity contribution >= 4 is 23.7 Å². The number of rotatable bonds is 6. The van der Waals surface area contributed by atoms with Crippen LogP contribution in [0.15, 0.2) is 47.1 Å². The fourth-order valence-electron chi connectivity index (χ4n) is 4.90. The molecule has 0 unspecified atom stereocenters. The van der Waals surface area contributed by atoms with Gasteiger partial charge in [0.05, 0.1) is 18.1 Å². The van der Waals surface area contributed by atoms with Gasteiger partial charge in [-0.3, -0.25) is 14.4 Å². The number of benzene rings is 1. The van der Waals surface area contributed by atoms with Gasteiger partial charge < -0.3 is 18.6 Å². The van der Waals surface area contributed by atoms with Crippen molar-refractivity contribution in [2.45, 2.75) is 18.9 Å². The number of Topliss-reactive ketones (excluding diaryl/α,β-unsaturated/α-hetero) is 1. The van der Waals surface area contributed by atoms with Gasteiger partial charge in [0.25, 0.3) is 0 Å². The molecule has 5 atom stereocenters. The molecule has 2 aromatic rings. The summed E-state index contributed by atoms with van der Waals surface area (Å²) in [5.74, 6) is -2.30. The Bertz CT molecular complexity index is 1000. The number of carbonyl (C=O) groups excluding carboxylic acids is 4. The molecular formula is C22H18O8. The van der Waals surface area contributed by atoms with Crippen molar-refractivity contribution in [1.82, 2.24) is 0 Å². The van der Waals surface area contributed by atoms with Crippen LogP contribution in [0.1, 0.15) is 33.8 Å². The Morgan fingerprint density at radius 1 is 1.07 bits per heavy atom. The molecule has 2 aliphatic carbocycles. The zero-order valence-corrected chi connectivity index (χ0v) is 15.8. The van der Waals surface area contributed by atoms with Crippen molar-refractivity contribution < 1.29 is 37.8 Å². The number of carbonyl (C=O) groups is 4. The van der Waals surface area contributed by atoms with Crippen molar-refractivity contribution in [3.8, 4) is 5.75 Å². The summed E-state index contributed by atoms with van der Waals surface area (Å²) in [5.41, 5.74) is 0.314. The molecule has 0 amide bonds. The molecule has 5 rings (SSSR count). The van der Waals surface area contributed by atoms with Crippen LogP contribution < -0.4 is 4.74 Å². The van der Waals surface area contributed by atoms with Gasteiger partial charge in [-0.25, -0.2) is 4.79 Å². The zero-order chi connectivity index (χ0) is 20.8. The van der Waals surface area contributed by atoms with Gasteiger partial charge in [-0.1, -0.05) is 0 Å². The van der Waals surface area contributed by atoms with Gasteiger partial charge in [-0.05, 0) is 55.2 Å². The Kier molecular flexibility index (Phi) is 4.42. The summed E-state index contributed by atoms with van der Waals surface area (Å²) in [6, 6.07) is 8.97. The molecule has 1 aromatic carbocycles. The van der Waals surface area contributed by atoms with Gasteiger partial charge in [-0.15, -0.1) is 0 Å². The van der Waals surface area contributed by atoms with Gasteiger partial charge >= 0.3 is 17.9 Å². The number of furan rings is 1. The topological polar surface area (TPSA) is 109 Å². The summed E-state index contributed by atoms with van der Waals surface area (Å²) < 4.78 is 20.7. The first kappa shape index (κ1) is 18.6. The van der Waals surface area contributed by atoms with Crippen LogP contribution in [0.5, 0.6) is 5.75 Å². The third kappa shape index (κ3) is 3.08. The van der Waals surface area contributed by atoms with E-state index < -0.39 is 30.4 Å². The predicted octanol–water partition coefficient (Wildman–Crippen LogP) is 2.42. The minimum Gasteiger partial charge on any atom is -0.462 e. The average molecular weight is 410 g/mol. The second kappa shape index (κ2) is 7.12. The van der Waals surface area contributed by atoms with E-state index >= 15 is 0 Å². The van der Waals surface area contributed by atoms with E-state index in [4.69, 9.17) is 18.6 Å². The van der Waals surface area contributed by atoms with Crippen LogP contribution in [0.25, 0.3) is 0 Å². The molecule has 1 aromatic heterocycles. The van der Waals surface area contributed by atoms with Gasteiger partial charge in [0, 0.05) is 11.5 Å². The van der Waals surface area contributed by atoms with E-state index in [1.165, 1.54) is 36.6 Å². The molecule has 0 spiro atoms. The van der Waals surface area contributed by atoms with Gasteiger partial charge in [0.15, 0.2) is 12.4 Å². The minimum absolute atomic E-state index is 0.0569. The van der Waals surface area contributed by atoms with Gasteiger partial charge in [0.1, 0.15) is 11.9 Å². The maximum Gasteiger partial charge on any atom is 0.379 e. The smallest absolute Gasteiger partial charge is 0.379 e. The molecule has 3 aliphatic rings. The third-order valence-electron chi connectivity index (χ3n) is 6.21. The highest BCUT2D eigenvalue weighted by molar-refractivity contribution is 5.98. The number of hydrogen-bond acceptors (Lipinski definition) is 8. The number of esters is 3. The largest absolute Gasteiger partial charge is 0.462 e. The molecule has 2 heterocycles. The van der Waals surface area contributed by atoms with Crippen molar-refractivity contribution in [2.75, 3.05) is 6.61 Å². The van der Waals surface area contributed by atoms with E-state index in [1.54, 1.807) is 6.07 Å². The molecule has 0 N–H and O–H groups in total. The quantitative estimate of drug-likeness (QED) is 0.406. The van der Waals surface area contributed by atoms with Crippen LogP contribution in [0.3, 0.4) is 0 Å². The summed E-state index contributed by atoms with van der Waals surface area (Å²) in [6.07, 6.45) is 2.80. The highest BCUT2D eigenvalue weighted by atomic mass is 16.6. The normalized spacial score (nSPS) is 28.3. The van der Waals surface area contributed by atoms with E-state index in [1.807, 2.05) is 0 Å². The standard InChI is InChI=1S/C22H18O8/c23-15(11-3-5-13(6-4-11)29-20(24)16-2-1-7-27-16)10-28-21(25)18-12-8-14-17(9-12)30-22(26)19(14)18/h1-7,12,14,17-19H,8-10H2/t12-,14+,17+,18-,19+/m1/s1. The number of fused-ring (bicyclic) bond motifs is 1. The molecule has 8 nitrogen and oxygen atoms in total. The van der Waals surface area contributed by atoms with Crippen molar-refractivity contribution in [3.63, 3.8) is 0 Å². The second-order valence-corrected chi connectivity index (χ2v) is 7.84. The van der Waals surface area contributed by atoms with Crippen LogP contribution in [0, 0.1) is 23.7 Å². The second-order valence-electron chi connectivity index (χ2n) is 7.84. The molecule has 2 saturated carbocycles. The Morgan fingerprint density at radius 2 is 1.87 bits per heavy atom. The Labute approximate surface area is 171 Å². The summed E-state index contributed by atoms with van der Waals surface area (Å²) in [7, 11) is 0. The molecule has 154 valence electrons. The Balaban J connectivity index is 1.16. The Hall–Kier alpha value is -3.42. The fourth-order valence-corrected chi connectivity index (χ4v) is 4.90. The van der Waals surface area contributed by atoms with E-state index in [2.05, 4.69) is 0 Å². The first-order chi connectivity index (χ1) is 14.5. The molecular weight excluding hydrogens is 392 g/mol. The first-order valence-electron chi connectivity index (χ1n) is 9.77. The molecule has 1 aliphatic heterocycles.